The second-order valence-corrected chi connectivity index (χ2v) is 6.87. The van der Waals surface area contributed by atoms with Gasteiger partial charge in [0.15, 0.2) is 5.78 Å². The Balaban J connectivity index is 2.17. The zero-order valence-corrected chi connectivity index (χ0v) is 11.2. The first-order valence-corrected chi connectivity index (χ1v) is 6.34. The fourth-order valence-electron chi connectivity index (χ4n) is 5.50. The van der Waals surface area contributed by atoms with Gasteiger partial charge in [-0.3, -0.25) is 4.79 Å². The molecular weight excluding hydrogens is 276 g/mol. The van der Waals surface area contributed by atoms with Crippen LogP contribution in [0.25, 0.3) is 0 Å². The number of rotatable bonds is 0. The second kappa shape index (κ2) is 2.37. The van der Waals surface area contributed by atoms with Crippen molar-refractivity contribution in [3.8, 4) is 0 Å². The fraction of sp³-hybridized carbons (Fsp3) is 0.700. The van der Waals surface area contributed by atoms with Crippen molar-refractivity contribution in [3.63, 3.8) is 0 Å². The lowest BCUT2D eigenvalue weighted by atomic mass is 9.46. The molecule has 6 atom stereocenters. The van der Waals surface area contributed by atoms with Gasteiger partial charge in [-0.25, -0.2) is 0 Å². The molecule has 0 saturated heterocycles. The van der Waals surface area contributed by atoms with E-state index in [1.807, 2.05) is 0 Å². The molecule has 0 spiro atoms. The quantitative estimate of drug-likeness (QED) is 0.187. The first kappa shape index (κ1) is 13.4. The van der Waals surface area contributed by atoms with E-state index < -0.39 is 44.7 Å². The van der Waals surface area contributed by atoms with Crippen LogP contribution in [0.3, 0.4) is 0 Å². The molecule has 21 heavy (non-hydrogen) atoms. The molecule has 20 N–H and O–H groups in total. The van der Waals surface area contributed by atoms with Crippen LogP contribution in [0.1, 0.15) is 0 Å². The number of carbonyl (C=O) groups is 1. The summed E-state index contributed by atoms with van der Waals surface area (Å²) in [6, 6.07) is 0. The molecule has 6 unspecified atom stereocenters. The standard InChI is InChI=1S/C10H20N10O/c11-1-2(12)5(14)3(21)4(1,13)6(15)7(5,16)9(18)8(6,17)10(9,19)20/h11-20H2. The lowest BCUT2D eigenvalue weighted by Crippen LogP contribution is -3.02. The van der Waals surface area contributed by atoms with Crippen molar-refractivity contribution in [1.29, 1.82) is 0 Å². The number of hydrogen-bond acceptors (Lipinski definition) is 11. The van der Waals surface area contributed by atoms with E-state index in [2.05, 4.69) is 0 Å². The minimum Gasteiger partial charge on any atom is -0.399 e. The van der Waals surface area contributed by atoms with Crippen LogP contribution >= 0.6 is 0 Å². The molecule has 4 aliphatic rings. The highest BCUT2D eigenvalue weighted by atomic mass is 16.1. The van der Waals surface area contributed by atoms with Crippen molar-refractivity contribution >= 4 is 5.78 Å². The summed E-state index contributed by atoms with van der Waals surface area (Å²) in [7, 11) is 0. The van der Waals surface area contributed by atoms with Crippen LogP contribution in [0, 0.1) is 0 Å². The Bertz CT molecular complexity index is 650. The van der Waals surface area contributed by atoms with Crippen molar-refractivity contribution in [1.82, 2.24) is 0 Å². The summed E-state index contributed by atoms with van der Waals surface area (Å²) >= 11 is 0. The topological polar surface area (TPSA) is 277 Å². The monoisotopic (exact) mass is 296 g/mol. The Kier molecular flexibility index (Phi) is 1.51. The number of carbonyl (C=O) groups excluding carboxylic acids is 1. The molecule has 0 amide bonds. The third-order valence-electron chi connectivity index (χ3n) is 6.83. The minimum absolute atomic E-state index is 0.159. The van der Waals surface area contributed by atoms with E-state index >= 15 is 0 Å². The average molecular weight is 296 g/mol. The Morgan fingerprint density at radius 1 is 0.571 bits per heavy atom. The predicted octanol–water partition coefficient (Wildman–Crippen LogP) is -7.46. The molecule has 4 aliphatic carbocycles. The number of ketones is 1. The van der Waals surface area contributed by atoms with Crippen LogP contribution in [-0.2, 0) is 4.79 Å². The number of Topliss-reactive ketones (excluding diaryl/α,β-unsaturated/α-hetero) is 1. The molecule has 0 aliphatic heterocycles. The predicted molar refractivity (Wildman–Crippen MR) is 73.0 cm³/mol. The highest BCUT2D eigenvalue weighted by molar-refractivity contribution is 6.16. The van der Waals surface area contributed by atoms with Crippen molar-refractivity contribution in [2.45, 2.75) is 38.9 Å². The van der Waals surface area contributed by atoms with E-state index in [1.165, 1.54) is 0 Å². The maximum absolute atomic E-state index is 12.8. The molecule has 3 saturated carbocycles. The molecule has 0 aromatic carbocycles. The molecule has 0 heterocycles. The van der Waals surface area contributed by atoms with Gasteiger partial charge in [-0.15, -0.1) is 0 Å². The van der Waals surface area contributed by atoms with Gasteiger partial charge in [-0.2, -0.15) is 0 Å². The van der Waals surface area contributed by atoms with Gasteiger partial charge in [-0.1, -0.05) is 0 Å². The summed E-state index contributed by atoms with van der Waals surface area (Å²) in [5, 5.41) is 0. The summed E-state index contributed by atoms with van der Waals surface area (Å²) in [6.07, 6.45) is 0. The second-order valence-electron chi connectivity index (χ2n) is 6.87. The van der Waals surface area contributed by atoms with Gasteiger partial charge in [0.1, 0.15) is 16.7 Å². The van der Waals surface area contributed by atoms with Crippen LogP contribution in [0.2, 0.25) is 0 Å². The van der Waals surface area contributed by atoms with E-state index in [1.54, 1.807) is 0 Å². The Labute approximate surface area is 119 Å². The SMILES string of the molecule is NC1=C(N)C2(N)C(=O)C1(N)C1(N)C2(N)C2(N)C(N)(N)C12N. The third kappa shape index (κ3) is 0.557. The van der Waals surface area contributed by atoms with E-state index in [0.717, 1.165) is 0 Å². The molecule has 0 aromatic heterocycles. The van der Waals surface area contributed by atoms with Crippen LogP contribution in [-0.4, -0.2) is 44.7 Å². The zero-order chi connectivity index (χ0) is 16.2. The zero-order valence-electron chi connectivity index (χ0n) is 11.2. The van der Waals surface area contributed by atoms with Crippen LogP contribution in [0.5, 0.6) is 0 Å². The highest BCUT2D eigenvalue weighted by Crippen LogP contribution is 2.81. The fourth-order valence-corrected chi connectivity index (χ4v) is 5.50. The lowest BCUT2D eigenvalue weighted by molar-refractivity contribution is -0.123. The van der Waals surface area contributed by atoms with Gasteiger partial charge < -0.3 is 57.3 Å². The maximum Gasteiger partial charge on any atom is 0.188 e. The van der Waals surface area contributed by atoms with Gasteiger partial charge in [-0.05, 0) is 0 Å². The van der Waals surface area contributed by atoms with Crippen LogP contribution in [0.15, 0.2) is 11.4 Å². The molecule has 4 rings (SSSR count). The molecular formula is C10H20N10O. The van der Waals surface area contributed by atoms with Gasteiger partial charge in [0, 0.05) is 0 Å². The number of nitrogens with two attached hydrogens (primary N) is 10. The molecule has 0 radical (unpaired) electrons. The largest absolute Gasteiger partial charge is 0.399 e. The summed E-state index contributed by atoms with van der Waals surface area (Å²) in [5.41, 5.74) is 48.7. The molecule has 3 fully saturated rings. The van der Waals surface area contributed by atoms with E-state index in [4.69, 9.17) is 57.3 Å². The highest BCUT2D eigenvalue weighted by Gasteiger charge is 3.14. The summed E-state index contributed by atoms with van der Waals surface area (Å²) in [4.78, 5) is 12.8. The Morgan fingerprint density at radius 3 is 1.14 bits per heavy atom. The van der Waals surface area contributed by atoms with E-state index in [0.29, 0.717) is 0 Å². The number of hydrogen-bond donors (Lipinski definition) is 10. The number of fused-ring (bicyclic) bond motifs is 8. The first-order chi connectivity index (χ1) is 9.22. The molecule has 0 aromatic rings. The van der Waals surface area contributed by atoms with Crippen LogP contribution in [0.4, 0.5) is 0 Å². The Morgan fingerprint density at radius 2 is 0.857 bits per heavy atom. The molecule has 11 nitrogen and oxygen atoms in total. The normalized spacial score (nSPS) is 66.0. The minimum atomic E-state index is -1.96. The average Bonchev–Trinajstić information content (AvgIpc) is 2.67. The maximum atomic E-state index is 12.8. The molecule has 116 valence electrons. The van der Waals surface area contributed by atoms with Gasteiger partial charge in [0.2, 0.25) is 0 Å². The lowest BCUT2D eigenvalue weighted by Gasteiger charge is -2.66. The van der Waals surface area contributed by atoms with E-state index in [9.17, 15) is 4.79 Å². The van der Waals surface area contributed by atoms with Gasteiger partial charge >= 0.3 is 0 Å². The van der Waals surface area contributed by atoms with Crippen LogP contribution < -0.4 is 57.3 Å². The Hall–Kier alpha value is -1.31. The van der Waals surface area contributed by atoms with Crippen molar-refractivity contribution in [3.05, 3.63) is 11.4 Å². The van der Waals surface area contributed by atoms with Crippen molar-refractivity contribution < 1.29 is 4.79 Å². The van der Waals surface area contributed by atoms with E-state index in [-0.39, 0.29) is 11.4 Å². The van der Waals surface area contributed by atoms with Crippen molar-refractivity contribution in [2.75, 3.05) is 0 Å². The summed E-state index contributed by atoms with van der Waals surface area (Å²) in [6.45, 7) is 0. The van der Waals surface area contributed by atoms with Gasteiger partial charge in [0.25, 0.3) is 0 Å². The molecule has 11 heteroatoms. The smallest absolute Gasteiger partial charge is 0.188 e. The third-order valence-corrected chi connectivity index (χ3v) is 6.83. The molecule has 2 bridgehead atoms. The van der Waals surface area contributed by atoms with Gasteiger partial charge in [0.05, 0.1) is 33.5 Å². The summed E-state index contributed by atoms with van der Waals surface area (Å²) in [5.74, 6) is -0.715. The summed E-state index contributed by atoms with van der Waals surface area (Å²) < 4.78 is 0. The van der Waals surface area contributed by atoms with Crippen molar-refractivity contribution in [2.24, 2.45) is 57.3 Å². The first-order valence-electron chi connectivity index (χ1n) is 6.34.